The molecule has 1 aliphatic rings. The fourth-order valence-electron chi connectivity index (χ4n) is 3.21. The summed E-state index contributed by atoms with van der Waals surface area (Å²) in [5.41, 5.74) is 1.17. The molecule has 2 rings (SSSR count). The van der Waals surface area contributed by atoms with Crippen molar-refractivity contribution in [2.75, 3.05) is 26.2 Å². The van der Waals surface area contributed by atoms with Crippen LogP contribution >= 0.6 is 15.9 Å². The minimum absolute atomic E-state index is 0.0810. The molecule has 0 spiro atoms. The van der Waals surface area contributed by atoms with E-state index in [1.165, 1.54) is 5.56 Å². The first-order valence-corrected chi connectivity index (χ1v) is 10.2. The van der Waals surface area contributed by atoms with Gasteiger partial charge in [-0.05, 0) is 25.0 Å². The number of benzene rings is 1. The summed E-state index contributed by atoms with van der Waals surface area (Å²) >= 11 is 3.65. The summed E-state index contributed by atoms with van der Waals surface area (Å²) < 4.78 is 1.11. The van der Waals surface area contributed by atoms with Gasteiger partial charge in [-0.3, -0.25) is 9.79 Å². The highest BCUT2D eigenvalue weighted by Gasteiger charge is 2.27. The predicted octanol–water partition coefficient (Wildman–Crippen LogP) is 3.29. The molecule has 1 saturated heterocycles. The first-order chi connectivity index (χ1) is 12.4. The average molecular weight is 423 g/mol. The summed E-state index contributed by atoms with van der Waals surface area (Å²) in [4.78, 5) is 18.6. The van der Waals surface area contributed by atoms with Gasteiger partial charge in [0.25, 0.3) is 0 Å². The van der Waals surface area contributed by atoms with Crippen molar-refractivity contribution < 1.29 is 4.79 Å². The molecular formula is C20H31BrN4O. The van der Waals surface area contributed by atoms with Gasteiger partial charge < -0.3 is 15.5 Å². The second-order valence-corrected chi connectivity index (χ2v) is 8.24. The van der Waals surface area contributed by atoms with E-state index < -0.39 is 0 Å². The number of amides is 1. The first-order valence-electron chi connectivity index (χ1n) is 9.45. The summed E-state index contributed by atoms with van der Waals surface area (Å²) in [5, 5.41) is 6.83. The van der Waals surface area contributed by atoms with Crippen molar-refractivity contribution in [2.24, 2.45) is 4.99 Å². The molecule has 1 aliphatic heterocycles. The van der Waals surface area contributed by atoms with Crippen molar-refractivity contribution >= 4 is 27.8 Å². The zero-order chi connectivity index (χ0) is 19.2. The summed E-state index contributed by atoms with van der Waals surface area (Å²) in [6.45, 7) is 11.5. The van der Waals surface area contributed by atoms with Crippen LogP contribution in [0, 0.1) is 0 Å². The topological polar surface area (TPSA) is 56.7 Å². The number of rotatable bonds is 6. The van der Waals surface area contributed by atoms with Gasteiger partial charge in [-0.15, -0.1) is 0 Å². The standard InChI is InChI=1S/C20H31BrN4O/c1-5-18(26)25-12-11-15(13-25)24-19(22-6-2)23-14-20(3,4)16-9-7-8-10-17(16)21/h7-10,15H,5-6,11-14H2,1-4H3,(H2,22,23,24). The number of nitrogens with zero attached hydrogens (tertiary/aromatic N) is 2. The summed E-state index contributed by atoms with van der Waals surface area (Å²) in [7, 11) is 0. The predicted molar refractivity (Wildman–Crippen MR) is 112 cm³/mol. The van der Waals surface area contributed by atoms with Crippen LogP contribution in [-0.4, -0.2) is 49.0 Å². The van der Waals surface area contributed by atoms with Crippen molar-refractivity contribution in [3.8, 4) is 0 Å². The van der Waals surface area contributed by atoms with E-state index in [9.17, 15) is 4.79 Å². The van der Waals surface area contributed by atoms with E-state index in [1.54, 1.807) is 0 Å². The van der Waals surface area contributed by atoms with E-state index in [0.717, 1.165) is 36.5 Å². The quantitative estimate of drug-likeness (QED) is 0.546. The van der Waals surface area contributed by atoms with E-state index in [2.05, 4.69) is 65.5 Å². The number of halogens is 1. The molecule has 1 unspecified atom stereocenters. The molecule has 26 heavy (non-hydrogen) atoms. The Morgan fingerprint density at radius 1 is 1.35 bits per heavy atom. The van der Waals surface area contributed by atoms with Crippen LogP contribution in [0.3, 0.4) is 0 Å². The Hall–Kier alpha value is -1.56. The monoisotopic (exact) mass is 422 g/mol. The highest BCUT2D eigenvalue weighted by Crippen LogP contribution is 2.30. The van der Waals surface area contributed by atoms with E-state index in [1.807, 2.05) is 17.9 Å². The Bertz CT molecular complexity index is 644. The van der Waals surface area contributed by atoms with Crippen molar-refractivity contribution in [3.63, 3.8) is 0 Å². The SMILES string of the molecule is CCNC(=NCC(C)(C)c1ccccc1Br)NC1CCN(C(=O)CC)C1. The van der Waals surface area contributed by atoms with Crippen LogP contribution in [0.4, 0.5) is 0 Å². The van der Waals surface area contributed by atoms with Gasteiger partial charge in [0.15, 0.2) is 5.96 Å². The Morgan fingerprint density at radius 3 is 2.73 bits per heavy atom. The van der Waals surface area contributed by atoms with Crippen LogP contribution in [0.2, 0.25) is 0 Å². The van der Waals surface area contributed by atoms with E-state index in [4.69, 9.17) is 4.99 Å². The van der Waals surface area contributed by atoms with Crippen LogP contribution in [0.25, 0.3) is 0 Å². The Morgan fingerprint density at radius 2 is 2.08 bits per heavy atom. The smallest absolute Gasteiger partial charge is 0.222 e. The molecule has 1 aromatic rings. The molecule has 1 aromatic carbocycles. The maximum absolute atomic E-state index is 11.9. The van der Waals surface area contributed by atoms with Gasteiger partial charge in [-0.1, -0.05) is 54.9 Å². The van der Waals surface area contributed by atoms with Gasteiger partial charge in [0.05, 0.1) is 6.54 Å². The molecule has 1 atom stereocenters. The highest BCUT2D eigenvalue weighted by atomic mass is 79.9. The summed E-state index contributed by atoms with van der Waals surface area (Å²) in [6, 6.07) is 8.57. The molecule has 0 aromatic heterocycles. The lowest BCUT2D eigenvalue weighted by Gasteiger charge is -2.26. The van der Waals surface area contributed by atoms with Crippen LogP contribution in [0.5, 0.6) is 0 Å². The van der Waals surface area contributed by atoms with Crippen molar-refractivity contribution in [3.05, 3.63) is 34.3 Å². The maximum Gasteiger partial charge on any atom is 0.222 e. The normalized spacial score (nSPS) is 18.1. The molecule has 1 fully saturated rings. The van der Waals surface area contributed by atoms with Gasteiger partial charge in [0.1, 0.15) is 0 Å². The number of hydrogen-bond donors (Lipinski definition) is 2. The van der Waals surface area contributed by atoms with E-state index >= 15 is 0 Å². The van der Waals surface area contributed by atoms with Gasteiger partial charge in [0.2, 0.25) is 5.91 Å². The Labute approximate surface area is 165 Å². The second-order valence-electron chi connectivity index (χ2n) is 7.38. The molecule has 0 aliphatic carbocycles. The third-order valence-corrected chi connectivity index (χ3v) is 5.46. The van der Waals surface area contributed by atoms with Gasteiger partial charge in [-0.2, -0.15) is 0 Å². The molecule has 5 nitrogen and oxygen atoms in total. The zero-order valence-electron chi connectivity index (χ0n) is 16.3. The lowest BCUT2D eigenvalue weighted by Crippen LogP contribution is -2.45. The van der Waals surface area contributed by atoms with E-state index in [-0.39, 0.29) is 17.4 Å². The fraction of sp³-hybridized carbons (Fsp3) is 0.600. The van der Waals surface area contributed by atoms with Crippen molar-refractivity contribution in [1.82, 2.24) is 15.5 Å². The number of carbonyl (C=O) groups excluding carboxylic acids is 1. The number of hydrogen-bond acceptors (Lipinski definition) is 2. The Kier molecular flexibility index (Phi) is 7.50. The van der Waals surface area contributed by atoms with Gasteiger partial charge in [0, 0.05) is 42.0 Å². The highest BCUT2D eigenvalue weighted by molar-refractivity contribution is 9.10. The van der Waals surface area contributed by atoms with Crippen molar-refractivity contribution in [1.29, 1.82) is 0 Å². The minimum atomic E-state index is -0.0810. The molecule has 144 valence electrons. The molecule has 2 N–H and O–H groups in total. The summed E-state index contributed by atoms with van der Waals surface area (Å²) in [5.74, 6) is 1.05. The average Bonchev–Trinajstić information content (AvgIpc) is 3.08. The van der Waals surface area contributed by atoms with Crippen LogP contribution in [-0.2, 0) is 10.2 Å². The lowest BCUT2D eigenvalue weighted by atomic mass is 9.85. The largest absolute Gasteiger partial charge is 0.357 e. The first kappa shape index (κ1) is 20.7. The van der Waals surface area contributed by atoms with E-state index in [0.29, 0.717) is 13.0 Å². The molecule has 0 radical (unpaired) electrons. The second kappa shape index (κ2) is 9.40. The van der Waals surface area contributed by atoms with Gasteiger partial charge in [-0.25, -0.2) is 0 Å². The number of nitrogens with one attached hydrogen (secondary N) is 2. The summed E-state index contributed by atoms with van der Waals surface area (Å²) in [6.07, 6.45) is 1.53. The molecule has 1 amide bonds. The molecular weight excluding hydrogens is 392 g/mol. The third-order valence-electron chi connectivity index (χ3n) is 4.76. The fourth-order valence-corrected chi connectivity index (χ4v) is 4.03. The molecule has 1 heterocycles. The minimum Gasteiger partial charge on any atom is -0.357 e. The van der Waals surface area contributed by atoms with Crippen LogP contribution in [0.1, 0.15) is 46.1 Å². The Balaban J connectivity index is 2.02. The molecule has 0 bridgehead atoms. The molecule has 0 saturated carbocycles. The molecule has 6 heteroatoms. The number of likely N-dealkylation sites (tertiary alicyclic amines) is 1. The van der Waals surface area contributed by atoms with Crippen LogP contribution in [0.15, 0.2) is 33.7 Å². The van der Waals surface area contributed by atoms with Crippen LogP contribution < -0.4 is 10.6 Å². The number of carbonyl (C=O) groups is 1. The zero-order valence-corrected chi connectivity index (χ0v) is 17.9. The number of guanidine groups is 1. The lowest BCUT2D eigenvalue weighted by molar-refractivity contribution is -0.129. The van der Waals surface area contributed by atoms with Crippen molar-refractivity contribution in [2.45, 2.75) is 52.0 Å². The maximum atomic E-state index is 11.9. The van der Waals surface area contributed by atoms with Gasteiger partial charge >= 0.3 is 0 Å². The number of aliphatic imine (C=N–C) groups is 1. The third kappa shape index (κ3) is 5.47.